The number of carbonyl (C=O) groups excluding carboxylic acids is 4. The van der Waals surface area contributed by atoms with Gasteiger partial charge in [0.25, 0.3) is 0 Å². The molecule has 46 heavy (non-hydrogen) atoms. The van der Waals surface area contributed by atoms with Crippen LogP contribution in [-0.4, -0.2) is 70.2 Å². The number of hydrogen-bond acceptors (Lipinski definition) is 11. The minimum Gasteiger partial charge on any atom is -0.472 e. The molecule has 0 unspecified atom stereocenters. The first-order chi connectivity index (χ1) is 21.4. The second kappa shape index (κ2) is 9.66. The number of esters is 3. The molecule has 252 valence electrons. The van der Waals surface area contributed by atoms with E-state index in [0.29, 0.717) is 12.8 Å². The van der Waals surface area contributed by atoms with Crippen molar-refractivity contribution in [2.24, 2.45) is 34.0 Å². The molecule has 4 saturated carbocycles. The fourth-order valence-electron chi connectivity index (χ4n) is 11.9. The Morgan fingerprint density at radius 2 is 1.72 bits per heavy atom. The van der Waals surface area contributed by atoms with Crippen molar-refractivity contribution in [1.29, 1.82) is 0 Å². The average Bonchev–Trinajstić information content (AvgIpc) is 3.14. The number of Topliss-reactive ketones (excluding diaryl/α,β-unsaturated/α-hetero) is 1. The lowest BCUT2D eigenvalue weighted by Crippen LogP contribution is -2.79. The molecule has 1 aromatic rings. The van der Waals surface area contributed by atoms with Crippen molar-refractivity contribution in [2.45, 2.75) is 135 Å². The Hall–Kier alpha value is -2.76. The van der Waals surface area contributed by atoms with Crippen molar-refractivity contribution in [3.8, 4) is 0 Å². The van der Waals surface area contributed by atoms with E-state index in [2.05, 4.69) is 0 Å². The van der Waals surface area contributed by atoms with Gasteiger partial charge in [0, 0.05) is 60.7 Å². The summed E-state index contributed by atoms with van der Waals surface area (Å²) in [5.41, 5.74) is -4.55. The van der Waals surface area contributed by atoms with E-state index in [0.717, 1.165) is 5.56 Å². The second-order valence-electron chi connectivity index (χ2n) is 16.0. The molecule has 0 radical (unpaired) electrons. The number of rotatable bonds is 6. The largest absolute Gasteiger partial charge is 0.472 e. The average molecular weight is 643 g/mol. The van der Waals surface area contributed by atoms with Crippen LogP contribution < -0.4 is 0 Å². The van der Waals surface area contributed by atoms with Crippen LogP contribution in [0.15, 0.2) is 23.0 Å². The molecule has 1 N–H and O–H groups in total. The molecule has 4 aliphatic carbocycles. The number of ether oxygens (including phenoxy) is 5. The van der Waals surface area contributed by atoms with Crippen LogP contribution in [0.2, 0.25) is 0 Å². The Bertz CT molecular complexity index is 1480. The van der Waals surface area contributed by atoms with E-state index in [1.807, 2.05) is 47.6 Å². The van der Waals surface area contributed by atoms with Gasteiger partial charge in [0.05, 0.1) is 24.2 Å². The highest BCUT2D eigenvalue weighted by Gasteiger charge is 2.95. The molecule has 11 heteroatoms. The van der Waals surface area contributed by atoms with E-state index in [9.17, 15) is 24.3 Å². The number of fused-ring (bicyclic) bond motifs is 1. The highest BCUT2D eigenvalue weighted by atomic mass is 16.7. The first-order valence-corrected chi connectivity index (χ1v) is 16.6. The van der Waals surface area contributed by atoms with Gasteiger partial charge in [0.15, 0.2) is 5.78 Å². The lowest BCUT2D eigenvalue weighted by molar-refractivity contribution is -0.321. The fourth-order valence-corrected chi connectivity index (χ4v) is 11.9. The third kappa shape index (κ3) is 3.60. The van der Waals surface area contributed by atoms with Gasteiger partial charge in [-0.3, -0.25) is 19.2 Å². The summed E-state index contributed by atoms with van der Waals surface area (Å²) in [6.07, 6.45) is 1.37. The van der Waals surface area contributed by atoms with Crippen LogP contribution in [0, 0.1) is 34.0 Å². The number of carbonyl (C=O) groups is 4. The van der Waals surface area contributed by atoms with Crippen LogP contribution in [0.5, 0.6) is 0 Å². The third-order valence-corrected chi connectivity index (χ3v) is 13.1. The summed E-state index contributed by atoms with van der Waals surface area (Å²) in [5.74, 6) is -5.70. The molecular formula is C35H46O11. The van der Waals surface area contributed by atoms with Crippen molar-refractivity contribution < 1.29 is 52.4 Å². The summed E-state index contributed by atoms with van der Waals surface area (Å²) >= 11 is 0. The van der Waals surface area contributed by atoms with Gasteiger partial charge in [-0.05, 0) is 50.7 Å². The van der Waals surface area contributed by atoms with Gasteiger partial charge in [0.1, 0.15) is 23.9 Å². The van der Waals surface area contributed by atoms with Crippen LogP contribution in [0.25, 0.3) is 0 Å². The molecule has 12 atom stereocenters. The predicted octanol–water partition coefficient (Wildman–Crippen LogP) is 4.23. The molecule has 2 saturated heterocycles. The highest BCUT2D eigenvalue weighted by molar-refractivity contribution is 5.90. The molecule has 0 bridgehead atoms. The molecule has 3 heterocycles. The van der Waals surface area contributed by atoms with Crippen LogP contribution >= 0.6 is 0 Å². The van der Waals surface area contributed by atoms with Crippen LogP contribution in [-0.2, 0) is 42.9 Å². The van der Waals surface area contributed by atoms with E-state index in [1.54, 1.807) is 12.5 Å². The Morgan fingerprint density at radius 1 is 1.02 bits per heavy atom. The maximum Gasteiger partial charge on any atom is 0.306 e. The van der Waals surface area contributed by atoms with Crippen molar-refractivity contribution in [3.05, 3.63) is 24.2 Å². The zero-order valence-corrected chi connectivity index (χ0v) is 27.9. The summed E-state index contributed by atoms with van der Waals surface area (Å²) in [6.45, 7) is 14.2. The molecule has 2 spiro atoms. The molecule has 6 fully saturated rings. The van der Waals surface area contributed by atoms with Gasteiger partial charge in [0.2, 0.25) is 5.79 Å². The Labute approximate surface area is 269 Å². The molecule has 7 rings (SSSR count). The van der Waals surface area contributed by atoms with Gasteiger partial charge in [-0.1, -0.05) is 27.7 Å². The Kier molecular flexibility index (Phi) is 6.68. The Morgan fingerprint density at radius 3 is 2.33 bits per heavy atom. The summed E-state index contributed by atoms with van der Waals surface area (Å²) in [7, 11) is 0. The smallest absolute Gasteiger partial charge is 0.306 e. The van der Waals surface area contributed by atoms with E-state index < -0.39 is 81.1 Å². The first-order valence-electron chi connectivity index (χ1n) is 16.6. The maximum absolute atomic E-state index is 13.8. The van der Waals surface area contributed by atoms with Gasteiger partial charge in [-0.2, -0.15) is 0 Å². The topological polar surface area (TPSA) is 151 Å². The van der Waals surface area contributed by atoms with Crippen molar-refractivity contribution in [1.82, 2.24) is 0 Å². The van der Waals surface area contributed by atoms with Gasteiger partial charge >= 0.3 is 17.9 Å². The fraction of sp³-hybridized carbons (Fsp3) is 0.771. The zero-order chi connectivity index (χ0) is 33.4. The number of ketones is 1. The summed E-state index contributed by atoms with van der Waals surface area (Å²) < 4.78 is 37.9. The van der Waals surface area contributed by atoms with Gasteiger partial charge in [-0.25, -0.2) is 0 Å². The molecule has 0 amide bonds. The van der Waals surface area contributed by atoms with Crippen LogP contribution in [0.4, 0.5) is 0 Å². The zero-order valence-electron chi connectivity index (χ0n) is 27.9. The number of epoxide rings is 1. The summed E-state index contributed by atoms with van der Waals surface area (Å²) in [6, 6.07) is 1.88. The highest BCUT2D eigenvalue weighted by Crippen LogP contribution is 2.85. The number of aliphatic hydroxyl groups is 1. The van der Waals surface area contributed by atoms with E-state index in [-0.39, 0.29) is 43.2 Å². The number of furan rings is 1. The standard InChI is InChI=1S/C35H46O11/c1-17(2)13-26(39)44-24-15-22-30(5,6)46-35(40)23(38)9-11-33(22,35)28-27(42-18(3)36)29(43-19(4)37)31(7)21(20-10-12-41-16-20)14-25-34(31,45-25)32(24,28)8/h10,12,16-17,21-22,24-25,27-29,40H,9,11,13-15H2,1-8H3/t21-,22-,24+,25+,27+,28-,29-,31+,32+,33+,34+,35+/m0/s1. The minimum absolute atomic E-state index is 0.0497. The third-order valence-electron chi connectivity index (χ3n) is 13.1. The SMILES string of the molecule is CC(=O)O[C@H]1[C@H](OC(C)=O)[C@@]2(C)[C@H](c3ccoc3)C[C@H]3O[C@]32[C@]2(C)[C@H](OC(=O)CC(C)C)C[C@H]3C(C)(C)O[C@]4(O)C(=O)CC[C@]34[C@@H]12. The first kappa shape index (κ1) is 31.8. The monoisotopic (exact) mass is 642 g/mol. The van der Waals surface area contributed by atoms with E-state index >= 15 is 0 Å². The Balaban J connectivity index is 1.53. The second-order valence-corrected chi connectivity index (χ2v) is 16.0. The van der Waals surface area contributed by atoms with E-state index in [4.69, 9.17) is 28.1 Å². The number of hydrogen-bond donors (Lipinski definition) is 1. The van der Waals surface area contributed by atoms with Gasteiger partial charge < -0.3 is 33.2 Å². The molecule has 11 nitrogen and oxygen atoms in total. The van der Waals surface area contributed by atoms with Crippen molar-refractivity contribution in [2.75, 3.05) is 0 Å². The maximum atomic E-state index is 13.8. The van der Waals surface area contributed by atoms with Crippen LogP contribution in [0.3, 0.4) is 0 Å². The lowest BCUT2D eigenvalue weighted by atomic mass is 9.36. The van der Waals surface area contributed by atoms with E-state index in [1.165, 1.54) is 13.8 Å². The van der Waals surface area contributed by atoms with Gasteiger partial charge in [-0.15, -0.1) is 0 Å². The molecule has 0 aromatic carbocycles. The molecular weight excluding hydrogens is 596 g/mol. The molecule has 1 aromatic heterocycles. The minimum atomic E-state index is -2.20. The molecule has 2 aliphatic heterocycles. The molecule has 6 aliphatic rings. The quantitative estimate of drug-likeness (QED) is 0.270. The predicted molar refractivity (Wildman–Crippen MR) is 159 cm³/mol. The van der Waals surface area contributed by atoms with Crippen LogP contribution in [0.1, 0.15) is 99.0 Å². The summed E-state index contributed by atoms with van der Waals surface area (Å²) in [4.78, 5) is 53.4. The normalized spacial score (nSPS) is 47.7. The van der Waals surface area contributed by atoms with Crippen molar-refractivity contribution in [3.63, 3.8) is 0 Å². The summed E-state index contributed by atoms with van der Waals surface area (Å²) in [5, 5.41) is 12.5. The lowest BCUT2D eigenvalue weighted by Gasteiger charge is -2.68. The van der Waals surface area contributed by atoms with Crippen molar-refractivity contribution >= 4 is 23.7 Å².